The molecule has 0 atom stereocenters. The van der Waals surface area contributed by atoms with Gasteiger partial charge in [-0.05, 0) is 6.92 Å². The van der Waals surface area contributed by atoms with Gasteiger partial charge in [0.15, 0.2) is 5.65 Å². The Hall–Kier alpha value is -1.98. The number of rotatable bonds is 2. The molecular formula is C8H9N3O3. The molecule has 6 heteroatoms. The van der Waals surface area contributed by atoms with Gasteiger partial charge in [-0.25, -0.2) is 14.3 Å². The third kappa shape index (κ3) is 1.41. The first-order chi connectivity index (χ1) is 6.81. The Balaban J connectivity index is 2.18. The molecule has 0 saturated heterocycles. The van der Waals surface area contributed by atoms with Crippen molar-refractivity contribution in [3.8, 4) is 5.88 Å². The largest absolute Gasteiger partial charge is 0.515 e. The molecule has 0 radical (unpaired) electrons. The first-order valence-electron chi connectivity index (χ1n) is 4.16. The summed E-state index contributed by atoms with van der Waals surface area (Å²) in [5.41, 5.74) is 0.685. The number of imidazole rings is 1. The van der Waals surface area contributed by atoms with Crippen molar-refractivity contribution in [1.82, 2.24) is 14.6 Å². The van der Waals surface area contributed by atoms with Crippen molar-refractivity contribution in [2.75, 3.05) is 6.61 Å². The molecule has 6 nitrogen and oxygen atoms in total. The van der Waals surface area contributed by atoms with Crippen molar-refractivity contribution >= 4 is 11.8 Å². The quantitative estimate of drug-likeness (QED) is 0.731. The van der Waals surface area contributed by atoms with Gasteiger partial charge in [-0.2, -0.15) is 0 Å². The number of fused-ring (bicyclic) bond motifs is 1. The van der Waals surface area contributed by atoms with Crippen molar-refractivity contribution in [2.24, 2.45) is 0 Å². The Labute approximate surface area is 79.4 Å². The van der Waals surface area contributed by atoms with Gasteiger partial charge in [0.05, 0.1) is 12.8 Å². The Morgan fingerprint density at radius 3 is 3.36 bits per heavy atom. The standard InChI is InChI=1S/C8H9N3O3/c1-2-13-8(12)14-7-5-9-6-3-4-10-11(6)7/h3-5,10H,2H2,1H3. The van der Waals surface area contributed by atoms with Gasteiger partial charge in [-0.3, -0.25) is 5.10 Å². The molecule has 0 amide bonds. The zero-order chi connectivity index (χ0) is 9.97. The number of nitrogens with zero attached hydrogens (tertiary/aromatic N) is 2. The molecule has 0 aliphatic heterocycles. The van der Waals surface area contributed by atoms with E-state index >= 15 is 0 Å². The number of hydrogen-bond acceptors (Lipinski definition) is 4. The lowest BCUT2D eigenvalue weighted by Gasteiger charge is -2.01. The van der Waals surface area contributed by atoms with E-state index in [0.717, 1.165) is 0 Å². The monoisotopic (exact) mass is 195 g/mol. The number of carbonyl (C=O) groups excluding carboxylic acids is 1. The summed E-state index contributed by atoms with van der Waals surface area (Å²) in [4.78, 5) is 15.0. The van der Waals surface area contributed by atoms with Crippen molar-refractivity contribution in [2.45, 2.75) is 6.92 Å². The van der Waals surface area contributed by atoms with Gasteiger partial charge in [-0.15, -0.1) is 0 Å². The van der Waals surface area contributed by atoms with Crippen LogP contribution in [-0.4, -0.2) is 27.4 Å². The summed E-state index contributed by atoms with van der Waals surface area (Å²) in [5, 5.41) is 2.84. The summed E-state index contributed by atoms with van der Waals surface area (Å²) in [5.74, 6) is 0.309. The minimum atomic E-state index is -0.732. The van der Waals surface area contributed by atoms with E-state index in [1.54, 1.807) is 19.2 Å². The zero-order valence-corrected chi connectivity index (χ0v) is 7.56. The predicted octanol–water partition coefficient (Wildman–Crippen LogP) is 1.20. The summed E-state index contributed by atoms with van der Waals surface area (Å²) in [6, 6.07) is 1.76. The van der Waals surface area contributed by atoms with Gasteiger partial charge in [0.25, 0.3) is 0 Å². The lowest BCUT2D eigenvalue weighted by molar-refractivity contribution is 0.102. The van der Waals surface area contributed by atoms with Crippen LogP contribution in [0.4, 0.5) is 4.79 Å². The maximum Gasteiger partial charge on any atom is 0.515 e. The molecule has 14 heavy (non-hydrogen) atoms. The van der Waals surface area contributed by atoms with Crippen LogP contribution in [0.15, 0.2) is 18.5 Å². The van der Waals surface area contributed by atoms with Crippen LogP contribution < -0.4 is 4.74 Å². The first-order valence-corrected chi connectivity index (χ1v) is 4.16. The SMILES string of the molecule is CCOC(=O)Oc1cnc2cc[nH]n12. The van der Waals surface area contributed by atoms with Crippen LogP contribution in [0.2, 0.25) is 0 Å². The van der Waals surface area contributed by atoms with E-state index in [9.17, 15) is 4.79 Å². The molecule has 1 N–H and O–H groups in total. The molecule has 2 aromatic rings. The van der Waals surface area contributed by atoms with Gasteiger partial charge in [-0.1, -0.05) is 0 Å². The average molecular weight is 195 g/mol. The van der Waals surface area contributed by atoms with Gasteiger partial charge >= 0.3 is 6.16 Å². The van der Waals surface area contributed by atoms with Crippen LogP contribution >= 0.6 is 0 Å². The van der Waals surface area contributed by atoms with Crippen LogP contribution in [0, 0.1) is 0 Å². The highest BCUT2D eigenvalue weighted by molar-refractivity contribution is 5.63. The maximum atomic E-state index is 11.0. The smallest absolute Gasteiger partial charge is 0.434 e. The van der Waals surface area contributed by atoms with Crippen molar-refractivity contribution in [3.05, 3.63) is 18.5 Å². The van der Waals surface area contributed by atoms with Gasteiger partial charge in [0.1, 0.15) is 0 Å². The molecule has 0 bridgehead atoms. The third-order valence-corrected chi connectivity index (χ3v) is 1.64. The summed E-state index contributed by atoms with van der Waals surface area (Å²) in [7, 11) is 0. The molecule has 0 saturated carbocycles. The number of nitrogens with one attached hydrogen (secondary N) is 1. The molecular weight excluding hydrogens is 186 g/mol. The predicted molar refractivity (Wildman–Crippen MR) is 47.2 cm³/mol. The highest BCUT2D eigenvalue weighted by Gasteiger charge is 2.10. The van der Waals surface area contributed by atoms with E-state index in [0.29, 0.717) is 11.5 Å². The van der Waals surface area contributed by atoms with Crippen LogP contribution in [-0.2, 0) is 4.74 Å². The molecule has 0 aliphatic carbocycles. The van der Waals surface area contributed by atoms with E-state index in [1.807, 2.05) is 0 Å². The van der Waals surface area contributed by atoms with Crippen LogP contribution in [0.25, 0.3) is 5.65 Å². The van der Waals surface area contributed by atoms with E-state index in [1.165, 1.54) is 10.7 Å². The average Bonchev–Trinajstić information content (AvgIpc) is 2.70. The molecule has 0 aliphatic rings. The second-order valence-electron chi connectivity index (χ2n) is 2.54. The molecule has 0 fully saturated rings. The molecule has 2 heterocycles. The van der Waals surface area contributed by atoms with Gasteiger partial charge in [0, 0.05) is 12.3 Å². The number of carbonyl (C=O) groups is 1. The highest BCUT2D eigenvalue weighted by Crippen LogP contribution is 2.12. The molecule has 0 unspecified atom stereocenters. The third-order valence-electron chi connectivity index (χ3n) is 1.64. The lowest BCUT2D eigenvalue weighted by atomic mass is 10.7. The molecule has 2 rings (SSSR count). The summed E-state index contributed by atoms with van der Waals surface area (Å²) >= 11 is 0. The Bertz CT molecular complexity index is 445. The fourth-order valence-corrected chi connectivity index (χ4v) is 1.09. The Morgan fingerprint density at radius 1 is 1.71 bits per heavy atom. The molecule has 0 spiro atoms. The lowest BCUT2D eigenvalue weighted by Crippen LogP contribution is -2.11. The number of hydrogen-bond donors (Lipinski definition) is 1. The number of aromatic amines is 1. The summed E-state index contributed by atoms with van der Waals surface area (Å²) in [6.07, 6.45) is 2.41. The van der Waals surface area contributed by atoms with Gasteiger partial charge < -0.3 is 9.47 Å². The zero-order valence-electron chi connectivity index (χ0n) is 7.56. The maximum absolute atomic E-state index is 11.0. The number of H-pyrrole nitrogens is 1. The van der Waals surface area contributed by atoms with Crippen molar-refractivity contribution in [1.29, 1.82) is 0 Å². The number of ether oxygens (including phenoxy) is 2. The second-order valence-corrected chi connectivity index (χ2v) is 2.54. The Morgan fingerprint density at radius 2 is 2.57 bits per heavy atom. The van der Waals surface area contributed by atoms with Crippen LogP contribution in [0.3, 0.4) is 0 Å². The first kappa shape index (κ1) is 8.61. The summed E-state index contributed by atoms with van der Waals surface area (Å²) < 4.78 is 11.0. The normalized spacial score (nSPS) is 10.4. The second kappa shape index (κ2) is 3.41. The van der Waals surface area contributed by atoms with Crippen LogP contribution in [0.1, 0.15) is 6.92 Å². The minimum absolute atomic E-state index is 0.283. The minimum Gasteiger partial charge on any atom is -0.434 e. The molecule has 74 valence electrons. The van der Waals surface area contributed by atoms with Gasteiger partial charge in [0.2, 0.25) is 5.88 Å². The molecule has 0 aromatic carbocycles. The molecule has 2 aromatic heterocycles. The van der Waals surface area contributed by atoms with Crippen LogP contribution in [0.5, 0.6) is 5.88 Å². The van der Waals surface area contributed by atoms with E-state index in [-0.39, 0.29) is 6.61 Å². The fourth-order valence-electron chi connectivity index (χ4n) is 1.09. The number of aromatic nitrogens is 3. The Kier molecular flexibility index (Phi) is 2.10. The topological polar surface area (TPSA) is 68.6 Å². The van der Waals surface area contributed by atoms with E-state index in [2.05, 4.69) is 14.8 Å². The van der Waals surface area contributed by atoms with Crippen molar-refractivity contribution < 1.29 is 14.3 Å². The fraction of sp³-hybridized carbons (Fsp3) is 0.250. The van der Waals surface area contributed by atoms with E-state index in [4.69, 9.17) is 4.74 Å². The highest BCUT2D eigenvalue weighted by atomic mass is 16.7. The van der Waals surface area contributed by atoms with E-state index < -0.39 is 6.16 Å². The summed E-state index contributed by atoms with van der Waals surface area (Å²) in [6.45, 7) is 1.99. The van der Waals surface area contributed by atoms with Crippen molar-refractivity contribution in [3.63, 3.8) is 0 Å².